The van der Waals surface area contributed by atoms with Crippen LogP contribution < -0.4 is 5.32 Å². The fourth-order valence-corrected chi connectivity index (χ4v) is 11.0. The number of fused-ring (bicyclic) bond motifs is 7. The average molecular weight is 501 g/mol. The number of amides is 1. The summed E-state index contributed by atoms with van der Waals surface area (Å²) in [6, 6.07) is 0.371. The maximum Gasteiger partial charge on any atom is 0.234 e. The van der Waals surface area contributed by atoms with Crippen LogP contribution in [0.5, 0.6) is 0 Å². The summed E-state index contributed by atoms with van der Waals surface area (Å²) in [5, 5.41) is 3.37. The highest BCUT2D eigenvalue weighted by molar-refractivity contribution is 5.78. The number of carbonyl (C=O) groups excluding carboxylic acids is 1. The molecule has 0 aromatic rings. The van der Waals surface area contributed by atoms with E-state index >= 15 is 0 Å². The molecule has 36 heavy (non-hydrogen) atoms. The highest BCUT2D eigenvalue weighted by Gasteiger charge is 2.69. The number of hydrogen-bond acceptors (Lipinski definition) is 4. The predicted molar refractivity (Wildman–Crippen MR) is 142 cm³/mol. The third kappa shape index (κ3) is 3.84. The molecule has 1 amide bonds. The standard InChI is InChI=1S/C31H52N2O3/c1-19-9-14-31(35-18-19)20(2)28-26(36-31)16-25-23-8-7-21-15-22(32-27(34)17-33(5)6)10-12-29(21,3)24(23)11-13-30(25,28)4/h19-26,28H,7-18H2,1-6H3,(H,32,34)/t19-,20-,21+,22?,23+,24-,25-,26-,28-,29-,30-,31+/m0/s1. The molecule has 2 saturated heterocycles. The van der Waals surface area contributed by atoms with Gasteiger partial charge in [0.05, 0.1) is 19.3 Å². The number of nitrogens with zero attached hydrogens (tertiary/aromatic N) is 1. The highest BCUT2D eigenvalue weighted by atomic mass is 16.7. The van der Waals surface area contributed by atoms with Crippen molar-refractivity contribution in [1.82, 2.24) is 10.2 Å². The van der Waals surface area contributed by atoms with Crippen LogP contribution in [0, 0.1) is 52.3 Å². The summed E-state index contributed by atoms with van der Waals surface area (Å²) in [5.41, 5.74) is 0.850. The maximum absolute atomic E-state index is 12.4. The van der Waals surface area contributed by atoms with Crippen molar-refractivity contribution in [2.24, 2.45) is 52.3 Å². The van der Waals surface area contributed by atoms with E-state index in [9.17, 15) is 4.79 Å². The number of likely N-dealkylation sites (N-methyl/N-ethyl adjacent to an activating group) is 1. The first-order valence-corrected chi connectivity index (χ1v) is 15.3. The smallest absolute Gasteiger partial charge is 0.234 e. The van der Waals surface area contributed by atoms with Crippen LogP contribution >= 0.6 is 0 Å². The predicted octanol–water partition coefficient (Wildman–Crippen LogP) is 5.48. The van der Waals surface area contributed by atoms with Crippen molar-refractivity contribution in [2.45, 2.75) is 110 Å². The second-order valence-electron chi connectivity index (χ2n) is 15.0. The maximum atomic E-state index is 12.4. The molecule has 1 N–H and O–H groups in total. The molecule has 1 spiro atoms. The molecule has 2 aliphatic heterocycles. The van der Waals surface area contributed by atoms with Crippen molar-refractivity contribution in [3.05, 3.63) is 0 Å². The quantitative estimate of drug-likeness (QED) is 0.558. The van der Waals surface area contributed by atoms with E-state index in [1.165, 1.54) is 51.4 Å². The van der Waals surface area contributed by atoms with Crippen molar-refractivity contribution < 1.29 is 14.3 Å². The Morgan fingerprint density at radius 2 is 1.72 bits per heavy atom. The Labute approximate surface area is 219 Å². The number of hydrogen-bond donors (Lipinski definition) is 1. The molecule has 6 fully saturated rings. The monoisotopic (exact) mass is 500 g/mol. The molecule has 0 aromatic heterocycles. The van der Waals surface area contributed by atoms with E-state index in [1.54, 1.807) is 0 Å². The van der Waals surface area contributed by atoms with Gasteiger partial charge in [0.15, 0.2) is 5.79 Å². The Bertz CT molecular complexity index is 853. The third-order valence-corrected chi connectivity index (χ3v) is 12.8. The summed E-state index contributed by atoms with van der Waals surface area (Å²) < 4.78 is 13.5. The molecule has 2 heterocycles. The molecule has 1 unspecified atom stereocenters. The van der Waals surface area contributed by atoms with Crippen LogP contribution in [-0.2, 0) is 14.3 Å². The van der Waals surface area contributed by atoms with Gasteiger partial charge in [0.25, 0.3) is 0 Å². The van der Waals surface area contributed by atoms with Crippen molar-refractivity contribution in [3.8, 4) is 0 Å². The van der Waals surface area contributed by atoms with E-state index in [1.807, 2.05) is 19.0 Å². The first-order chi connectivity index (χ1) is 17.1. The summed E-state index contributed by atoms with van der Waals surface area (Å²) >= 11 is 0. The fourth-order valence-electron chi connectivity index (χ4n) is 11.0. The number of carbonyl (C=O) groups is 1. The van der Waals surface area contributed by atoms with E-state index in [0.717, 1.165) is 43.1 Å². The topological polar surface area (TPSA) is 50.8 Å². The summed E-state index contributed by atoms with van der Waals surface area (Å²) in [7, 11) is 3.95. The lowest BCUT2D eigenvalue weighted by Gasteiger charge is -2.61. The summed E-state index contributed by atoms with van der Waals surface area (Å²) in [5.74, 6) is 5.00. The Hall–Kier alpha value is -0.650. The Kier molecular flexibility index (Phi) is 6.37. The molecule has 204 valence electrons. The van der Waals surface area contributed by atoms with Gasteiger partial charge in [-0.15, -0.1) is 0 Å². The van der Waals surface area contributed by atoms with Crippen LogP contribution in [-0.4, -0.2) is 56.0 Å². The second-order valence-corrected chi connectivity index (χ2v) is 15.0. The molecule has 0 bridgehead atoms. The minimum atomic E-state index is -0.300. The van der Waals surface area contributed by atoms with E-state index in [2.05, 4.69) is 33.0 Å². The van der Waals surface area contributed by atoms with E-state index in [0.29, 0.717) is 47.3 Å². The van der Waals surface area contributed by atoms with Crippen LogP contribution in [0.4, 0.5) is 0 Å². The minimum Gasteiger partial charge on any atom is -0.352 e. The molecule has 0 aromatic carbocycles. The van der Waals surface area contributed by atoms with Crippen molar-refractivity contribution >= 4 is 5.91 Å². The van der Waals surface area contributed by atoms with Gasteiger partial charge >= 0.3 is 0 Å². The largest absolute Gasteiger partial charge is 0.352 e. The zero-order chi connectivity index (χ0) is 25.5. The van der Waals surface area contributed by atoms with Gasteiger partial charge in [-0.3, -0.25) is 4.79 Å². The molecule has 5 nitrogen and oxygen atoms in total. The lowest BCUT2D eigenvalue weighted by atomic mass is 9.44. The Balaban J connectivity index is 1.15. The number of nitrogens with one attached hydrogen (secondary N) is 1. The van der Waals surface area contributed by atoms with Gasteiger partial charge in [-0.05, 0) is 118 Å². The van der Waals surface area contributed by atoms with E-state index in [4.69, 9.17) is 9.47 Å². The van der Waals surface area contributed by atoms with Crippen LogP contribution in [0.1, 0.15) is 91.9 Å². The lowest BCUT2D eigenvalue weighted by Crippen LogP contribution is -2.56. The molecule has 5 heteroatoms. The SMILES string of the molecule is C[C@H]1CC[C@@]2(OC1)O[C@H]1C[C@H]3[C@@H]4CC[C@@H]5CC(NC(=O)CN(C)C)CC[C@]5(C)[C@H]4CC[C@]3(C)[C@H]1[C@@H]2C. The zero-order valence-corrected chi connectivity index (χ0v) is 23.9. The summed E-state index contributed by atoms with van der Waals surface area (Å²) in [4.78, 5) is 14.4. The number of rotatable bonds is 3. The van der Waals surface area contributed by atoms with Crippen LogP contribution in [0.2, 0.25) is 0 Å². The second kappa shape index (κ2) is 8.95. The first-order valence-electron chi connectivity index (χ1n) is 15.3. The molecule has 0 radical (unpaired) electrons. The van der Waals surface area contributed by atoms with Crippen LogP contribution in [0.25, 0.3) is 0 Å². The van der Waals surface area contributed by atoms with Crippen LogP contribution in [0.15, 0.2) is 0 Å². The first kappa shape index (κ1) is 25.6. The van der Waals surface area contributed by atoms with Crippen LogP contribution in [0.3, 0.4) is 0 Å². The van der Waals surface area contributed by atoms with E-state index in [-0.39, 0.29) is 11.7 Å². The minimum absolute atomic E-state index is 0.191. The van der Waals surface area contributed by atoms with Gasteiger partial charge in [-0.25, -0.2) is 0 Å². The number of ether oxygens (including phenoxy) is 2. The van der Waals surface area contributed by atoms with Crippen molar-refractivity contribution in [2.75, 3.05) is 27.2 Å². The normalized spacial score (nSPS) is 54.0. The molecule has 12 atom stereocenters. The van der Waals surface area contributed by atoms with Crippen molar-refractivity contribution in [3.63, 3.8) is 0 Å². The zero-order valence-electron chi connectivity index (χ0n) is 23.9. The fraction of sp³-hybridized carbons (Fsp3) is 0.968. The Morgan fingerprint density at radius 1 is 0.944 bits per heavy atom. The van der Waals surface area contributed by atoms with Crippen molar-refractivity contribution in [1.29, 1.82) is 0 Å². The molecule has 6 rings (SSSR count). The Morgan fingerprint density at radius 3 is 2.44 bits per heavy atom. The summed E-state index contributed by atoms with van der Waals surface area (Å²) in [6.45, 7) is 11.4. The average Bonchev–Trinajstić information content (AvgIpc) is 3.26. The van der Waals surface area contributed by atoms with Gasteiger partial charge < -0.3 is 19.7 Å². The highest BCUT2D eigenvalue weighted by Crippen LogP contribution is 2.71. The van der Waals surface area contributed by atoms with Gasteiger partial charge in [-0.2, -0.15) is 0 Å². The molecule has 6 aliphatic rings. The van der Waals surface area contributed by atoms with Gasteiger partial charge in [0.1, 0.15) is 0 Å². The molecular weight excluding hydrogens is 448 g/mol. The molecule has 4 saturated carbocycles. The summed E-state index contributed by atoms with van der Waals surface area (Å²) in [6.07, 6.45) is 13.1. The third-order valence-electron chi connectivity index (χ3n) is 12.8. The lowest BCUT2D eigenvalue weighted by molar-refractivity contribution is -0.273. The molecular formula is C31H52N2O3. The van der Waals surface area contributed by atoms with Gasteiger partial charge in [0.2, 0.25) is 5.91 Å². The molecule has 4 aliphatic carbocycles. The van der Waals surface area contributed by atoms with E-state index < -0.39 is 0 Å². The van der Waals surface area contributed by atoms with Gasteiger partial charge in [-0.1, -0.05) is 27.7 Å². The van der Waals surface area contributed by atoms with Gasteiger partial charge in [0, 0.05) is 18.4 Å².